The third kappa shape index (κ3) is 6.44. The highest BCUT2D eigenvalue weighted by atomic mass is 35.5. The van der Waals surface area contributed by atoms with Gasteiger partial charge in [-0.3, -0.25) is 4.90 Å². The van der Waals surface area contributed by atoms with E-state index in [0.29, 0.717) is 6.04 Å². The SMILES string of the molecule is CCN(CC)c1ccc([C@@H](CC(C)C)N2CCNCC2)cc1.Cl.Cl. The van der Waals surface area contributed by atoms with Crippen molar-refractivity contribution in [1.82, 2.24) is 10.2 Å². The molecule has 0 radical (unpaired) electrons. The van der Waals surface area contributed by atoms with Gasteiger partial charge in [-0.15, -0.1) is 24.8 Å². The van der Waals surface area contributed by atoms with Crippen LogP contribution < -0.4 is 10.2 Å². The standard InChI is InChI=1S/C19H33N3.2ClH/c1-5-21(6-2)18-9-7-17(8-10-18)19(15-16(3)4)22-13-11-20-12-14-22;;/h7-10,16,19-20H,5-6,11-15H2,1-4H3;2*1H/t19-;;/m1../s1. The van der Waals surface area contributed by atoms with E-state index in [-0.39, 0.29) is 24.8 Å². The molecule has 1 aliphatic rings. The van der Waals surface area contributed by atoms with Crippen molar-refractivity contribution in [3.8, 4) is 0 Å². The minimum atomic E-state index is 0. The molecule has 5 heteroatoms. The van der Waals surface area contributed by atoms with Crippen molar-refractivity contribution in [2.75, 3.05) is 44.2 Å². The van der Waals surface area contributed by atoms with Gasteiger partial charge < -0.3 is 10.2 Å². The number of hydrogen-bond acceptors (Lipinski definition) is 3. The van der Waals surface area contributed by atoms with Gasteiger partial charge in [0.2, 0.25) is 0 Å². The first-order chi connectivity index (χ1) is 10.7. The van der Waals surface area contributed by atoms with Crippen molar-refractivity contribution in [3.63, 3.8) is 0 Å². The third-order valence-electron chi connectivity index (χ3n) is 4.69. The Morgan fingerprint density at radius 2 is 1.54 bits per heavy atom. The Hall–Kier alpha value is -0.480. The van der Waals surface area contributed by atoms with Gasteiger partial charge in [-0.25, -0.2) is 0 Å². The van der Waals surface area contributed by atoms with Crippen molar-refractivity contribution < 1.29 is 0 Å². The Labute approximate surface area is 161 Å². The number of benzene rings is 1. The fourth-order valence-electron chi connectivity index (χ4n) is 3.43. The zero-order valence-corrected chi connectivity index (χ0v) is 17.3. The van der Waals surface area contributed by atoms with Crippen LogP contribution in [-0.2, 0) is 0 Å². The maximum atomic E-state index is 3.47. The average Bonchev–Trinajstić information content (AvgIpc) is 2.55. The molecule has 1 fully saturated rings. The largest absolute Gasteiger partial charge is 0.372 e. The van der Waals surface area contributed by atoms with Gasteiger partial charge in [0, 0.05) is 51.0 Å². The predicted molar refractivity (Wildman–Crippen MR) is 111 cm³/mol. The van der Waals surface area contributed by atoms with E-state index in [4.69, 9.17) is 0 Å². The number of anilines is 1. The van der Waals surface area contributed by atoms with Crippen molar-refractivity contribution in [1.29, 1.82) is 0 Å². The minimum Gasteiger partial charge on any atom is -0.372 e. The normalized spacial score (nSPS) is 16.2. The van der Waals surface area contributed by atoms with Gasteiger partial charge in [0.25, 0.3) is 0 Å². The summed E-state index contributed by atoms with van der Waals surface area (Å²) in [6.45, 7) is 15.8. The van der Waals surface area contributed by atoms with Gasteiger partial charge in [-0.05, 0) is 43.9 Å². The second-order valence-electron chi connectivity index (χ2n) is 6.70. The first-order valence-corrected chi connectivity index (χ1v) is 8.95. The van der Waals surface area contributed by atoms with Crippen LogP contribution in [0.5, 0.6) is 0 Å². The van der Waals surface area contributed by atoms with E-state index < -0.39 is 0 Å². The molecule has 0 aliphatic carbocycles. The molecule has 1 aromatic rings. The number of nitrogens with zero attached hydrogens (tertiary/aromatic N) is 2. The predicted octanol–water partition coefficient (Wildman–Crippen LogP) is 4.37. The molecule has 1 aromatic carbocycles. The highest BCUT2D eigenvalue weighted by Gasteiger charge is 2.23. The van der Waals surface area contributed by atoms with E-state index in [1.54, 1.807) is 0 Å². The lowest BCUT2D eigenvalue weighted by Gasteiger charge is -2.36. The van der Waals surface area contributed by atoms with Gasteiger partial charge in [-0.1, -0.05) is 26.0 Å². The summed E-state index contributed by atoms with van der Waals surface area (Å²) in [6.07, 6.45) is 1.24. The first-order valence-electron chi connectivity index (χ1n) is 8.95. The molecule has 1 aliphatic heterocycles. The molecule has 0 amide bonds. The highest BCUT2D eigenvalue weighted by Crippen LogP contribution is 2.29. The van der Waals surface area contributed by atoms with Gasteiger partial charge in [-0.2, -0.15) is 0 Å². The third-order valence-corrected chi connectivity index (χ3v) is 4.69. The van der Waals surface area contributed by atoms with Crippen LogP contribution in [0.3, 0.4) is 0 Å². The zero-order valence-electron chi connectivity index (χ0n) is 15.6. The van der Waals surface area contributed by atoms with Gasteiger partial charge in [0.1, 0.15) is 0 Å². The van der Waals surface area contributed by atoms with Crippen molar-refractivity contribution >= 4 is 30.5 Å². The molecule has 0 bridgehead atoms. The maximum Gasteiger partial charge on any atom is 0.0366 e. The van der Waals surface area contributed by atoms with E-state index in [9.17, 15) is 0 Å². The summed E-state index contributed by atoms with van der Waals surface area (Å²) in [5, 5.41) is 3.47. The number of hydrogen-bond donors (Lipinski definition) is 1. The molecule has 1 atom stereocenters. The van der Waals surface area contributed by atoms with Crippen LogP contribution in [0, 0.1) is 5.92 Å². The van der Waals surface area contributed by atoms with Crippen molar-refractivity contribution in [2.45, 2.75) is 40.2 Å². The molecule has 2 rings (SSSR count). The molecule has 0 saturated carbocycles. The zero-order chi connectivity index (χ0) is 15.9. The second-order valence-corrected chi connectivity index (χ2v) is 6.70. The van der Waals surface area contributed by atoms with E-state index >= 15 is 0 Å². The Bertz CT molecular complexity index is 427. The van der Waals surface area contributed by atoms with Crippen molar-refractivity contribution in [3.05, 3.63) is 29.8 Å². The molecule has 0 spiro atoms. The van der Waals surface area contributed by atoms with E-state index in [2.05, 4.69) is 67.1 Å². The molecule has 24 heavy (non-hydrogen) atoms. The monoisotopic (exact) mass is 375 g/mol. The van der Waals surface area contributed by atoms with Crippen LogP contribution in [0.4, 0.5) is 5.69 Å². The van der Waals surface area contributed by atoms with E-state index in [1.165, 1.54) is 17.7 Å². The summed E-state index contributed by atoms with van der Waals surface area (Å²) in [7, 11) is 0. The highest BCUT2D eigenvalue weighted by molar-refractivity contribution is 5.85. The summed E-state index contributed by atoms with van der Waals surface area (Å²) in [5.41, 5.74) is 2.82. The maximum absolute atomic E-state index is 3.47. The number of nitrogens with one attached hydrogen (secondary N) is 1. The summed E-state index contributed by atoms with van der Waals surface area (Å²) in [5.74, 6) is 0.724. The van der Waals surface area contributed by atoms with Gasteiger partial charge in [0.05, 0.1) is 0 Å². The van der Waals surface area contributed by atoms with E-state index in [1.807, 2.05) is 0 Å². The number of piperazine rings is 1. The molecular formula is C19H35Cl2N3. The molecular weight excluding hydrogens is 341 g/mol. The second kappa shape index (κ2) is 12.0. The van der Waals surface area contributed by atoms with Crippen molar-refractivity contribution in [2.24, 2.45) is 5.92 Å². The molecule has 3 nitrogen and oxygen atoms in total. The molecule has 140 valence electrons. The fourth-order valence-corrected chi connectivity index (χ4v) is 3.43. The molecule has 1 N–H and O–H groups in total. The molecule has 0 aromatic heterocycles. The fraction of sp³-hybridized carbons (Fsp3) is 0.684. The lowest BCUT2D eigenvalue weighted by molar-refractivity contribution is 0.154. The smallest absolute Gasteiger partial charge is 0.0366 e. The molecule has 1 saturated heterocycles. The van der Waals surface area contributed by atoms with Crippen LogP contribution in [0.15, 0.2) is 24.3 Å². The quantitative estimate of drug-likeness (QED) is 0.762. The van der Waals surface area contributed by atoms with Crippen LogP contribution in [0.2, 0.25) is 0 Å². The Morgan fingerprint density at radius 3 is 2.00 bits per heavy atom. The van der Waals surface area contributed by atoms with Crippen LogP contribution in [-0.4, -0.2) is 44.2 Å². The van der Waals surface area contributed by atoms with Crippen LogP contribution >= 0.6 is 24.8 Å². The lowest BCUT2D eigenvalue weighted by atomic mass is 9.95. The minimum absolute atomic E-state index is 0. The average molecular weight is 376 g/mol. The Balaban J connectivity index is 0.00000264. The Kier molecular flexibility index (Phi) is 11.7. The molecule has 1 heterocycles. The number of rotatable bonds is 7. The van der Waals surface area contributed by atoms with E-state index in [0.717, 1.165) is 45.2 Å². The van der Waals surface area contributed by atoms with Crippen LogP contribution in [0.25, 0.3) is 0 Å². The summed E-state index contributed by atoms with van der Waals surface area (Å²) in [4.78, 5) is 5.06. The number of halogens is 2. The molecule has 0 unspecified atom stereocenters. The van der Waals surface area contributed by atoms with Crippen LogP contribution in [0.1, 0.15) is 45.7 Å². The topological polar surface area (TPSA) is 18.5 Å². The van der Waals surface area contributed by atoms with Gasteiger partial charge >= 0.3 is 0 Å². The summed E-state index contributed by atoms with van der Waals surface area (Å²) >= 11 is 0. The summed E-state index contributed by atoms with van der Waals surface area (Å²) < 4.78 is 0. The summed E-state index contributed by atoms with van der Waals surface area (Å²) in [6, 6.07) is 9.87. The Morgan fingerprint density at radius 1 is 1.00 bits per heavy atom. The first kappa shape index (κ1) is 23.5. The lowest BCUT2D eigenvalue weighted by Crippen LogP contribution is -2.45. The van der Waals surface area contributed by atoms with Gasteiger partial charge in [0.15, 0.2) is 0 Å².